The van der Waals surface area contributed by atoms with E-state index in [9.17, 15) is 8.42 Å². The van der Waals surface area contributed by atoms with Gasteiger partial charge in [-0.1, -0.05) is 6.92 Å². The van der Waals surface area contributed by atoms with Gasteiger partial charge in [-0.3, -0.25) is 0 Å². The van der Waals surface area contributed by atoms with Crippen LogP contribution in [0.15, 0.2) is 0 Å². The van der Waals surface area contributed by atoms with Crippen LogP contribution in [0.4, 0.5) is 0 Å². The van der Waals surface area contributed by atoms with Crippen molar-refractivity contribution in [2.24, 2.45) is 5.92 Å². The van der Waals surface area contributed by atoms with E-state index in [0.29, 0.717) is 18.2 Å². The molecule has 0 radical (unpaired) electrons. The molecule has 0 aromatic heterocycles. The second kappa shape index (κ2) is 6.71. The SMILES string of the molecule is CNCCCCS(=O)(=O)N1CC(C)CCC1C. The summed E-state index contributed by atoms with van der Waals surface area (Å²) in [5.74, 6) is 0.796. The molecule has 1 rings (SSSR count). The van der Waals surface area contributed by atoms with Crippen molar-refractivity contribution in [3.8, 4) is 0 Å². The van der Waals surface area contributed by atoms with Gasteiger partial charge in [0.25, 0.3) is 0 Å². The molecule has 1 aliphatic rings. The Balaban J connectivity index is 2.50. The zero-order chi connectivity index (χ0) is 12.9. The average molecular weight is 262 g/mol. The Kier molecular flexibility index (Phi) is 5.89. The lowest BCUT2D eigenvalue weighted by Gasteiger charge is -2.35. The first-order valence-electron chi connectivity index (χ1n) is 6.61. The highest BCUT2D eigenvalue weighted by atomic mass is 32.2. The largest absolute Gasteiger partial charge is 0.320 e. The number of hydrogen-bond donors (Lipinski definition) is 1. The number of piperidine rings is 1. The molecule has 0 saturated carbocycles. The van der Waals surface area contributed by atoms with E-state index in [1.807, 2.05) is 14.0 Å². The van der Waals surface area contributed by atoms with Gasteiger partial charge < -0.3 is 5.32 Å². The van der Waals surface area contributed by atoms with Crippen LogP contribution in [0.3, 0.4) is 0 Å². The first-order chi connectivity index (χ1) is 7.97. The van der Waals surface area contributed by atoms with Crippen molar-refractivity contribution < 1.29 is 8.42 Å². The monoisotopic (exact) mass is 262 g/mol. The molecule has 2 unspecified atom stereocenters. The normalized spacial score (nSPS) is 27.2. The Hall–Kier alpha value is -0.130. The lowest BCUT2D eigenvalue weighted by atomic mass is 9.97. The summed E-state index contributed by atoms with van der Waals surface area (Å²) in [6.07, 6.45) is 3.82. The predicted molar refractivity (Wildman–Crippen MR) is 71.5 cm³/mol. The molecule has 5 heteroatoms. The molecular formula is C12H26N2O2S. The van der Waals surface area contributed by atoms with Crippen molar-refractivity contribution in [3.05, 3.63) is 0 Å². The van der Waals surface area contributed by atoms with Gasteiger partial charge in [-0.25, -0.2) is 8.42 Å². The lowest BCUT2D eigenvalue weighted by molar-refractivity contribution is 0.218. The van der Waals surface area contributed by atoms with Crippen LogP contribution in [-0.4, -0.2) is 44.7 Å². The van der Waals surface area contributed by atoms with Crippen molar-refractivity contribution >= 4 is 10.0 Å². The first kappa shape index (κ1) is 14.9. The molecule has 0 aromatic carbocycles. The maximum atomic E-state index is 12.2. The third-order valence-electron chi connectivity index (χ3n) is 3.50. The van der Waals surface area contributed by atoms with E-state index in [0.717, 1.165) is 32.2 Å². The highest BCUT2D eigenvalue weighted by Gasteiger charge is 2.31. The molecule has 0 spiro atoms. The van der Waals surface area contributed by atoms with Gasteiger partial charge in [-0.05, 0) is 52.1 Å². The second-order valence-corrected chi connectivity index (χ2v) is 7.27. The summed E-state index contributed by atoms with van der Waals surface area (Å²) in [6.45, 7) is 5.75. The van der Waals surface area contributed by atoms with Crippen molar-refractivity contribution in [1.82, 2.24) is 9.62 Å². The number of nitrogens with zero attached hydrogens (tertiary/aromatic N) is 1. The lowest BCUT2D eigenvalue weighted by Crippen LogP contribution is -2.45. The number of hydrogen-bond acceptors (Lipinski definition) is 3. The van der Waals surface area contributed by atoms with Crippen molar-refractivity contribution in [3.63, 3.8) is 0 Å². The van der Waals surface area contributed by atoms with E-state index in [4.69, 9.17) is 0 Å². The smallest absolute Gasteiger partial charge is 0.214 e. The van der Waals surface area contributed by atoms with Crippen molar-refractivity contribution in [1.29, 1.82) is 0 Å². The molecule has 102 valence electrons. The van der Waals surface area contributed by atoms with E-state index in [2.05, 4.69) is 12.2 Å². The van der Waals surface area contributed by atoms with Gasteiger partial charge in [-0.15, -0.1) is 0 Å². The molecule has 1 saturated heterocycles. The summed E-state index contributed by atoms with van der Waals surface area (Å²) in [5.41, 5.74) is 0. The van der Waals surface area contributed by atoms with E-state index >= 15 is 0 Å². The van der Waals surface area contributed by atoms with E-state index in [1.54, 1.807) is 4.31 Å². The Morgan fingerprint density at radius 3 is 2.59 bits per heavy atom. The summed E-state index contributed by atoms with van der Waals surface area (Å²) >= 11 is 0. The maximum absolute atomic E-state index is 12.2. The zero-order valence-corrected chi connectivity index (χ0v) is 12.1. The van der Waals surface area contributed by atoms with Crippen LogP contribution in [0.5, 0.6) is 0 Å². The Morgan fingerprint density at radius 2 is 1.94 bits per heavy atom. The van der Waals surface area contributed by atoms with Crippen LogP contribution < -0.4 is 5.32 Å². The Labute approximate surface area is 106 Å². The van der Waals surface area contributed by atoms with Gasteiger partial charge in [0.2, 0.25) is 10.0 Å². The summed E-state index contributed by atoms with van der Waals surface area (Å²) in [4.78, 5) is 0. The molecule has 1 fully saturated rings. The third-order valence-corrected chi connectivity index (χ3v) is 5.52. The van der Waals surface area contributed by atoms with Crippen LogP contribution in [0.25, 0.3) is 0 Å². The molecule has 2 atom stereocenters. The number of sulfonamides is 1. The van der Waals surface area contributed by atoms with Crippen molar-refractivity contribution in [2.45, 2.75) is 45.6 Å². The summed E-state index contributed by atoms with van der Waals surface area (Å²) < 4.78 is 26.1. The van der Waals surface area contributed by atoms with Crippen LogP contribution in [0, 0.1) is 5.92 Å². The fourth-order valence-electron chi connectivity index (χ4n) is 2.34. The maximum Gasteiger partial charge on any atom is 0.214 e. The van der Waals surface area contributed by atoms with Gasteiger partial charge in [0, 0.05) is 12.6 Å². The molecule has 0 aromatic rings. The second-order valence-electron chi connectivity index (χ2n) is 5.23. The minimum absolute atomic E-state index is 0.181. The molecule has 1 heterocycles. The van der Waals surface area contributed by atoms with Crippen LogP contribution in [0.2, 0.25) is 0 Å². The number of unbranched alkanes of at least 4 members (excludes halogenated alkanes) is 1. The highest BCUT2D eigenvalue weighted by Crippen LogP contribution is 2.24. The molecule has 0 bridgehead atoms. The fraction of sp³-hybridized carbons (Fsp3) is 1.00. The predicted octanol–water partition coefficient (Wildman–Crippen LogP) is 1.44. The fourth-order valence-corrected chi connectivity index (χ4v) is 4.28. The molecule has 0 amide bonds. The Morgan fingerprint density at radius 1 is 1.24 bits per heavy atom. The third kappa shape index (κ3) is 4.56. The van der Waals surface area contributed by atoms with E-state index < -0.39 is 10.0 Å². The van der Waals surface area contributed by atoms with Gasteiger partial charge >= 0.3 is 0 Å². The van der Waals surface area contributed by atoms with Crippen LogP contribution >= 0.6 is 0 Å². The average Bonchev–Trinajstić information content (AvgIpc) is 2.28. The summed E-state index contributed by atoms with van der Waals surface area (Å²) in [6, 6.07) is 0.181. The summed E-state index contributed by atoms with van der Waals surface area (Å²) in [7, 11) is -1.15. The minimum Gasteiger partial charge on any atom is -0.320 e. The molecule has 17 heavy (non-hydrogen) atoms. The standard InChI is InChI=1S/C12H26N2O2S/c1-11-6-7-12(2)14(10-11)17(15,16)9-5-4-8-13-3/h11-13H,4-10H2,1-3H3. The minimum atomic E-state index is -3.04. The number of rotatable bonds is 6. The quantitative estimate of drug-likeness (QED) is 0.737. The van der Waals surface area contributed by atoms with E-state index in [1.165, 1.54) is 0 Å². The van der Waals surface area contributed by atoms with E-state index in [-0.39, 0.29) is 6.04 Å². The molecular weight excluding hydrogens is 236 g/mol. The highest BCUT2D eigenvalue weighted by molar-refractivity contribution is 7.89. The Bertz CT molecular complexity index is 316. The zero-order valence-electron chi connectivity index (χ0n) is 11.3. The van der Waals surface area contributed by atoms with Gasteiger partial charge in [0.1, 0.15) is 0 Å². The van der Waals surface area contributed by atoms with Gasteiger partial charge in [0.05, 0.1) is 5.75 Å². The first-order valence-corrected chi connectivity index (χ1v) is 8.22. The van der Waals surface area contributed by atoms with Gasteiger partial charge in [0.15, 0.2) is 0 Å². The topological polar surface area (TPSA) is 49.4 Å². The van der Waals surface area contributed by atoms with Crippen molar-refractivity contribution in [2.75, 3.05) is 25.9 Å². The van der Waals surface area contributed by atoms with Crippen LogP contribution in [0.1, 0.15) is 39.5 Å². The summed E-state index contributed by atoms with van der Waals surface area (Å²) in [5, 5.41) is 3.04. The van der Waals surface area contributed by atoms with Crippen LogP contribution in [-0.2, 0) is 10.0 Å². The molecule has 0 aliphatic carbocycles. The molecule has 1 N–H and O–H groups in total. The molecule has 4 nitrogen and oxygen atoms in total. The molecule has 1 aliphatic heterocycles. The number of nitrogens with one attached hydrogen (secondary N) is 1. The van der Waals surface area contributed by atoms with Gasteiger partial charge in [-0.2, -0.15) is 4.31 Å².